The van der Waals surface area contributed by atoms with Crippen LogP contribution in [0.5, 0.6) is 0 Å². The summed E-state index contributed by atoms with van der Waals surface area (Å²) >= 11 is 3.36. The number of aliphatic hydroxyl groups excluding tert-OH is 1. The standard InChI is InChI=1S/C11H20BrNO2/c1-7(2)10(12)11(15)13-8-5-3-4-6-9(8)14/h7-10,14H,3-6H2,1-2H3,(H,13,15)/t8-,9-,10?/m0/s1. The van der Waals surface area contributed by atoms with Crippen LogP contribution in [0.1, 0.15) is 39.5 Å². The molecule has 3 atom stereocenters. The maximum atomic E-state index is 11.7. The molecule has 0 heterocycles. The molecule has 0 aliphatic heterocycles. The Balaban J connectivity index is 2.42. The lowest BCUT2D eigenvalue weighted by Crippen LogP contribution is -2.48. The molecule has 3 nitrogen and oxygen atoms in total. The Morgan fingerprint density at radius 3 is 2.53 bits per heavy atom. The Hall–Kier alpha value is -0.0900. The molecule has 2 N–H and O–H groups in total. The highest BCUT2D eigenvalue weighted by atomic mass is 79.9. The number of hydrogen-bond acceptors (Lipinski definition) is 2. The van der Waals surface area contributed by atoms with E-state index in [1.165, 1.54) is 0 Å². The fourth-order valence-corrected chi connectivity index (χ4v) is 1.98. The van der Waals surface area contributed by atoms with Crippen LogP contribution in [0.25, 0.3) is 0 Å². The van der Waals surface area contributed by atoms with Gasteiger partial charge in [0, 0.05) is 0 Å². The number of nitrogens with one attached hydrogen (secondary N) is 1. The summed E-state index contributed by atoms with van der Waals surface area (Å²) in [7, 11) is 0. The van der Waals surface area contributed by atoms with E-state index in [4.69, 9.17) is 0 Å². The van der Waals surface area contributed by atoms with Gasteiger partial charge in [-0.2, -0.15) is 0 Å². The third kappa shape index (κ3) is 3.76. The Labute approximate surface area is 99.8 Å². The third-order valence-corrected chi connectivity index (χ3v) is 4.37. The Morgan fingerprint density at radius 1 is 1.40 bits per heavy atom. The largest absolute Gasteiger partial charge is 0.391 e. The van der Waals surface area contributed by atoms with E-state index in [0.29, 0.717) is 0 Å². The van der Waals surface area contributed by atoms with Gasteiger partial charge in [-0.3, -0.25) is 4.79 Å². The van der Waals surface area contributed by atoms with Gasteiger partial charge in [-0.1, -0.05) is 42.6 Å². The highest BCUT2D eigenvalue weighted by Crippen LogP contribution is 2.19. The first-order chi connectivity index (χ1) is 7.02. The molecule has 1 aliphatic carbocycles. The normalized spacial score (nSPS) is 28.9. The number of halogens is 1. The Morgan fingerprint density at radius 2 is 2.00 bits per heavy atom. The molecule has 15 heavy (non-hydrogen) atoms. The van der Waals surface area contributed by atoms with Gasteiger partial charge in [-0.05, 0) is 18.8 Å². The zero-order valence-corrected chi connectivity index (χ0v) is 11.0. The van der Waals surface area contributed by atoms with Gasteiger partial charge in [0.15, 0.2) is 0 Å². The molecule has 1 aliphatic rings. The van der Waals surface area contributed by atoms with Crippen molar-refractivity contribution in [3.63, 3.8) is 0 Å². The minimum atomic E-state index is -0.366. The fraction of sp³-hybridized carbons (Fsp3) is 0.909. The molecule has 0 spiro atoms. The summed E-state index contributed by atoms with van der Waals surface area (Å²) < 4.78 is 0. The van der Waals surface area contributed by atoms with Crippen molar-refractivity contribution in [2.24, 2.45) is 5.92 Å². The quantitative estimate of drug-likeness (QED) is 0.774. The third-order valence-electron chi connectivity index (χ3n) is 2.89. The van der Waals surface area contributed by atoms with Crippen LogP contribution in [-0.2, 0) is 4.79 Å². The number of carbonyl (C=O) groups is 1. The van der Waals surface area contributed by atoms with E-state index in [0.717, 1.165) is 25.7 Å². The predicted molar refractivity (Wildman–Crippen MR) is 64.0 cm³/mol. The van der Waals surface area contributed by atoms with E-state index >= 15 is 0 Å². The number of rotatable bonds is 3. The van der Waals surface area contributed by atoms with Gasteiger partial charge in [0.25, 0.3) is 0 Å². The molecule has 88 valence electrons. The molecule has 1 rings (SSSR count). The summed E-state index contributed by atoms with van der Waals surface area (Å²) in [5.41, 5.74) is 0. The van der Waals surface area contributed by atoms with Crippen LogP contribution in [-0.4, -0.2) is 28.0 Å². The summed E-state index contributed by atoms with van der Waals surface area (Å²) in [6, 6.07) is -0.0509. The van der Waals surface area contributed by atoms with E-state index in [9.17, 15) is 9.90 Å². The number of aliphatic hydroxyl groups is 1. The van der Waals surface area contributed by atoms with Crippen molar-refractivity contribution in [1.29, 1.82) is 0 Å². The van der Waals surface area contributed by atoms with E-state index in [-0.39, 0.29) is 28.8 Å². The second-order valence-corrected chi connectivity index (χ2v) is 5.60. The second-order valence-electron chi connectivity index (χ2n) is 4.61. The molecule has 0 aromatic rings. The molecular weight excluding hydrogens is 258 g/mol. The first-order valence-corrected chi connectivity index (χ1v) is 6.56. The minimum absolute atomic E-state index is 0.00375. The van der Waals surface area contributed by atoms with E-state index < -0.39 is 0 Å². The lowest BCUT2D eigenvalue weighted by atomic mass is 9.92. The van der Waals surface area contributed by atoms with Crippen LogP contribution in [0.2, 0.25) is 0 Å². The molecule has 0 saturated heterocycles. The predicted octanol–water partition coefficient (Wildman–Crippen LogP) is 1.83. The molecule has 1 fully saturated rings. The van der Waals surface area contributed by atoms with Gasteiger partial charge in [0.05, 0.1) is 17.0 Å². The van der Waals surface area contributed by atoms with Crippen molar-refractivity contribution in [1.82, 2.24) is 5.32 Å². The van der Waals surface area contributed by atoms with Crippen LogP contribution in [0.4, 0.5) is 0 Å². The lowest BCUT2D eigenvalue weighted by Gasteiger charge is -2.29. The van der Waals surface area contributed by atoms with E-state index in [1.807, 2.05) is 13.8 Å². The summed E-state index contributed by atoms with van der Waals surface area (Å²) in [6.45, 7) is 3.99. The average molecular weight is 278 g/mol. The molecule has 1 saturated carbocycles. The zero-order chi connectivity index (χ0) is 11.4. The van der Waals surface area contributed by atoms with Crippen molar-refractivity contribution in [2.75, 3.05) is 0 Å². The van der Waals surface area contributed by atoms with Gasteiger partial charge in [0.1, 0.15) is 0 Å². The highest BCUT2D eigenvalue weighted by Gasteiger charge is 2.27. The molecule has 1 amide bonds. The molecule has 4 heteroatoms. The summed E-state index contributed by atoms with van der Waals surface area (Å²) in [6.07, 6.45) is 3.49. The molecular formula is C11H20BrNO2. The van der Waals surface area contributed by atoms with Gasteiger partial charge in [-0.15, -0.1) is 0 Å². The van der Waals surface area contributed by atoms with E-state index in [2.05, 4.69) is 21.2 Å². The molecule has 0 aromatic carbocycles. The van der Waals surface area contributed by atoms with Gasteiger partial charge in [-0.25, -0.2) is 0 Å². The zero-order valence-electron chi connectivity index (χ0n) is 9.37. The molecule has 1 unspecified atom stereocenters. The lowest BCUT2D eigenvalue weighted by molar-refractivity contribution is -0.123. The molecule has 0 aromatic heterocycles. The van der Waals surface area contributed by atoms with E-state index in [1.54, 1.807) is 0 Å². The van der Waals surface area contributed by atoms with Crippen LogP contribution < -0.4 is 5.32 Å². The first-order valence-electron chi connectivity index (χ1n) is 5.65. The van der Waals surface area contributed by atoms with Crippen LogP contribution in [0.15, 0.2) is 0 Å². The average Bonchev–Trinajstić information content (AvgIpc) is 2.20. The van der Waals surface area contributed by atoms with Crippen molar-refractivity contribution in [2.45, 2.75) is 56.5 Å². The van der Waals surface area contributed by atoms with Crippen LogP contribution >= 0.6 is 15.9 Å². The van der Waals surface area contributed by atoms with Gasteiger partial charge < -0.3 is 10.4 Å². The monoisotopic (exact) mass is 277 g/mol. The van der Waals surface area contributed by atoms with Crippen molar-refractivity contribution < 1.29 is 9.90 Å². The van der Waals surface area contributed by atoms with Crippen LogP contribution in [0, 0.1) is 5.92 Å². The van der Waals surface area contributed by atoms with Crippen molar-refractivity contribution in [3.8, 4) is 0 Å². The summed E-state index contributed by atoms with van der Waals surface area (Å²) in [5.74, 6) is 0.265. The molecule has 0 bridgehead atoms. The van der Waals surface area contributed by atoms with Gasteiger partial charge >= 0.3 is 0 Å². The number of carbonyl (C=O) groups excluding carboxylic acids is 1. The fourth-order valence-electron chi connectivity index (χ4n) is 1.84. The summed E-state index contributed by atoms with van der Waals surface area (Å²) in [5, 5.41) is 12.6. The van der Waals surface area contributed by atoms with Crippen molar-refractivity contribution in [3.05, 3.63) is 0 Å². The van der Waals surface area contributed by atoms with Crippen LogP contribution in [0.3, 0.4) is 0 Å². The maximum absolute atomic E-state index is 11.7. The smallest absolute Gasteiger partial charge is 0.234 e. The first kappa shape index (κ1) is 13.0. The molecule has 0 radical (unpaired) electrons. The maximum Gasteiger partial charge on any atom is 0.234 e. The topological polar surface area (TPSA) is 49.3 Å². The van der Waals surface area contributed by atoms with Crippen molar-refractivity contribution >= 4 is 21.8 Å². The Kier molecular flexibility index (Phi) is 5.06. The number of hydrogen-bond donors (Lipinski definition) is 2. The summed E-state index contributed by atoms with van der Waals surface area (Å²) in [4.78, 5) is 11.6. The number of amides is 1. The highest BCUT2D eigenvalue weighted by molar-refractivity contribution is 9.10. The second kappa shape index (κ2) is 5.85. The SMILES string of the molecule is CC(C)C(Br)C(=O)N[C@H]1CCCC[C@@H]1O. The van der Waals surface area contributed by atoms with Gasteiger partial charge in [0.2, 0.25) is 5.91 Å². The number of alkyl halides is 1. The Bertz CT molecular complexity index is 221. The minimum Gasteiger partial charge on any atom is -0.391 e.